The summed E-state index contributed by atoms with van der Waals surface area (Å²) in [6.45, 7) is 6.36. The van der Waals surface area contributed by atoms with Crippen molar-refractivity contribution in [1.29, 1.82) is 0 Å². The Bertz CT molecular complexity index is 584. The van der Waals surface area contributed by atoms with Gasteiger partial charge in [-0.05, 0) is 55.7 Å². The second-order valence-electron chi connectivity index (χ2n) is 6.61. The van der Waals surface area contributed by atoms with Crippen molar-refractivity contribution in [2.45, 2.75) is 57.4 Å². The maximum Gasteiger partial charge on any atom is 0.238 e. The van der Waals surface area contributed by atoms with Gasteiger partial charge >= 0.3 is 0 Å². The zero-order valence-electron chi connectivity index (χ0n) is 12.4. The highest BCUT2D eigenvalue weighted by Gasteiger charge is 2.26. The Balaban J connectivity index is 2.12. The number of nitrogens with one attached hydrogen (secondary N) is 1. The fraction of sp³-hybridized carbons (Fsp3) is 0.600. The molecule has 2 rings (SSSR count). The minimum atomic E-state index is -3.66. The quantitative estimate of drug-likeness (QED) is 0.900. The number of anilines is 1. The highest BCUT2D eigenvalue weighted by molar-refractivity contribution is 7.89. The summed E-state index contributed by atoms with van der Waals surface area (Å²) in [6.07, 6.45) is 4.62. The summed E-state index contributed by atoms with van der Waals surface area (Å²) in [7, 11) is -3.66. The lowest BCUT2D eigenvalue weighted by Crippen LogP contribution is -2.30. The minimum Gasteiger partial charge on any atom is -0.382 e. The number of benzene rings is 1. The van der Waals surface area contributed by atoms with E-state index in [0.717, 1.165) is 18.5 Å². The van der Waals surface area contributed by atoms with Crippen molar-refractivity contribution in [3.05, 3.63) is 23.8 Å². The fourth-order valence-electron chi connectivity index (χ4n) is 2.78. The Hall–Kier alpha value is -1.07. The summed E-state index contributed by atoms with van der Waals surface area (Å²) in [5.74, 6) is 0. The number of aryl methyl sites for hydroxylation is 1. The number of sulfonamides is 1. The molecule has 0 atom stereocenters. The molecule has 1 aliphatic rings. The van der Waals surface area contributed by atoms with Crippen LogP contribution in [0.15, 0.2) is 23.1 Å². The van der Waals surface area contributed by atoms with Crippen LogP contribution in [-0.4, -0.2) is 14.5 Å². The third-order valence-corrected chi connectivity index (χ3v) is 5.26. The van der Waals surface area contributed by atoms with E-state index in [1.807, 2.05) is 6.07 Å². The zero-order chi connectivity index (χ0) is 15.0. The molecular weight excluding hydrogens is 272 g/mol. The van der Waals surface area contributed by atoms with Crippen molar-refractivity contribution < 1.29 is 8.42 Å². The number of hydrogen-bond donors (Lipinski definition) is 2. The molecule has 0 bridgehead atoms. The molecule has 1 fully saturated rings. The van der Waals surface area contributed by atoms with Crippen LogP contribution in [0, 0.1) is 12.3 Å². The number of nitrogens with two attached hydrogens (primary N) is 1. The Morgan fingerprint density at radius 3 is 2.40 bits per heavy atom. The van der Waals surface area contributed by atoms with Gasteiger partial charge in [-0.15, -0.1) is 0 Å². The predicted octanol–water partition coefficient (Wildman–Crippen LogP) is 3.02. The molecule has 0 saturated heterocycles. The Labute approximate surface area is 121 Å². The zero-order valence-corrected chi connectivity index (χ0v) is 13.3. The lowest BCUT2D eigenvalue weighted by Gasteiger charge is -2.35. The van der Waals surface area contributed by atoms with Crippen LogP contribution in [0.1, 0.15) is 45.1 Å². The highest BCUT2D eigenvalue weighted by Crippen LogP contribution is 2.36. The average molecular weight is 296 g/mol. The van der Waals surface area contributed by atoms with Crippen LogP contribution in [0.2, 0.25) is 0 Å². The maximum absolute atomic E-state index is 11.5. The molecule has 0 spiro atoms. The van der Waals surface area contributed by atoms with E-state index in [2.05, 4.69) is 19.2 Å². The number of rotatable bonds is 3. The summed E-state index contributed by atoms with van der Waals surface area (Å²) in [4.78, 5) is 0.207. The molecule has 20 heavy (non-hydrogen) atoms. The minimum absolute atomic E-state index is 0.207. The van der Waals surface area contributed by atoms with Crippen LogP contribution < -0.4 is 10.5 Å². The molecule has 1 aromatic carbocycles. The van der Waals surface area contributed by atoms with Gasteiger partial charge in [0.2, 0.25) is 10.0 Å². The highest BCUT2D eigenvalue weighted by atomic mass is 32.2. The van der Waals surface area contributed by atoms with Crippen LogP contribution in [0.4, 0.5) is 5.69 Å². The van der Waals surface area contributed by atoms with E-state index in [4.69, 9.17) is 5.14 Å². The Morgan fingerprint density at radius 1 is 1.25 bits per heavy atom. The topological polar surface area (TPSA) is 72.2 Å². The summed E-state index contributed by atoms with van der Waals surface area (Å²) in [6, 6.07) is 5.78. The molecule has 1 aliphatic carbocycles. The molecule has 3 N–H and O–H groups in total. The van der Waals surface area contributed by atoms with Gasteiger partial charge in [-0.3, -0.25) is 0 Å². The van der Waals surface area contributed by atoms with Crippen LogP contribution in [0.5, 0.6) is 0 Å². The van der Waals surface area contributed by atoms with Gasteiger partial charge in [0.25, 0.3) is 0 Å². The van der Waals surface area contributed by atoms with Crippen molar-refractivity contribution >= 4 is 15.7 Å². The molecule has 0 unspecified atom stereocenters. The van der Waals surface area contributed by atoms with Crippen LogP contribution >= 0.6 is 0 Å². The van der Waals surface area contributed by atoms with E-state index in [-0.39, 0.29) is 4.90 Å². The second-order valence-corrected chi connectivity index (χ2v) is 8.14. The normalized spacial score (nSPS) is 19.8. The Kier molecular flexibility index (Phi) is 4.12. The standard InChI is InChI=1S/C15H24N2O2S/c1-11-4-5-13(10-14(11)20(16,18)19)17-12-6-8-15(2,3)9-7-12/h4-5,10,12,17H,6-9H2,1-3H3,(H2,16,18,19). The number of hydrogen-bond acceptors (Lipinski definition) is 3. The third kappa shape index (κ3) is 3.73. The predicted molar refractivity (Wildman–Crippen MR) is 82.2 cm³/mol. The number of primary sulfonamides is 1. The SMILES string of the molecule is Cc1ccc(NC2CCC(C)(C)CC2)cc1S(N)(=O)=O. The van der Waals surface area contributed by atoms with Gasteiger partial charge < -0.3 is 5.32 Å². The van der Waals surface area contributed by atoms with Gasteiger partial charge in [-0.1, -0.05) is 19.9 Å². The molecule has 0 aliphatic heterocycles. The van der Waals surface area contributed by atoms with Crippen molar-refractivity contribution in [2.75, 3.05) is 5.32 Å². The molecule has 1 saturated carbocycles. The fourth-order valence-corrected chi connectivity index (χ4v) is 3.58. The summed E-state index contributed by atoms with van der Waals surface area (Å²) < 4.78 is 23.1. The van der Waals surface area contributed by atoms with Gasteiger partial charge in [0.15, 0.2) is 0 Å². The summed E-state index contributed by atoms with van der Waals surface area (Å²) in [5, 5.41) is 8.68. The first-order chi connectivity index (χ1) is 9.17. The summed E-state index contributed by atoms with van der Waals surface area (Å²) in [5.41, 5.74) is 1.95. The average Bonchev–Trinajstić information content (AvgIpc) is 2.33. The van der Waals surface area contributed by atoms with Crippen molar-refractivity contribution in [3.8, 4) is 0 Å². The van der Waals surface area contributed by atoms with E-state index < -0.39 is 10.0 Å². The monoisotopic (exact) mass is 296 g/mol. The lowest BCUT2D eigenvalue weighted by atomic mass is 9.75. The van der Waals surface area contributed by atoms with E-state index in [0.29, 0.717) is 17.0 Å². The van der Waals surface area contributed by atoms with Gasteiger partial charge in [0, 0.05) is 11.7 Å². The smallest absolute Gasteiger partial charge is 0.238 e. The van der Waals surface area contributed by atoms with Gasteiger partial charge in [-0.25, -0.2) is 13.6 Å². The first-order valence-electron chi connectivity index (χ1n) is 7.07. The first kappa shape index (κ1) is 15.3. The largest absolute Gasteiger partial charge is 0.382 e. The van der Waals surface area contributed by atoms with Crippen molar-refractivity contribution in [3.63, 3.8) is 0 Å². The molecule has 0 amide bonds. The van der Waals surface area contributed by atoms with E-state index in [1.165, 1.54) is 12.8 Å². The second kappa shape index (κ2) is 5.37. The van der Waals surface area contributed by atoms with E-state index in [9.17, 15) is 8.42 Å². The van der Waals surface area contributed by atoms with E-state index in [1.54, 1.807) is 19.1 Å². The molecule has 4 nitrogen and oxygen atoms in total. The third-order valence-electron chi connectivity index (χ3n) is 4.20. The lowest BCUT2D eigenvalue weighted by molar-refractivity contribution is 0.232. The van der Waals surface area contributed by atoms with Gasteiger partial charge in [-0.2, -0.15) is 0 Å². The summed E-state index contributed by atoms with van der Waals surface area (Å²) >= 11 is 0. The molecule has 0 aromatic heterocycles. The molecule has 0 radical (unpaired) electrons. The van der Waals surface area contributed by atoms with Crippen molar-refractivity contribution in [1.82, 2.24) is 0 Å². The van der Waals surface area contributed by atoms with E-state index >= 15 is 0 Å². The molecular formula is C15H24N2O2S. The molecule has 112 valence electrons. The van der Waals surface area contributed by atoms with Gasteiger partial charge in [0.05, 0.1) is 4.90 Å². The van der Waals surface area contributed by atoms with Crippen LogP contribution in [0.3, 0.4) is 0 Å². The maximum atomic E-state index is 11.5. The van der Waals surface area contributed by atoms with Crippen molar-refractivity contribution in [2.24, 2.45) is 10.6 Å². The van der Waals surface area contributed by atoms with Crippen LogP contribution in [0.25, 0.3) is 0 Å². The Morgan fingerprint density at radius 2 is 1.85 bits per heavy atom. The molecule has 1 aromatic rings. The molecule has 0 heterocycles. The first-order valence-corrected chi connectivity index (χ1v) is 8.62. The van der Waals surface area contributed by atoms with Gasteiger partial charge in [0.1, 0.15) is 0 Å². The molecule has 5 heteroatoms. The van der Waals surface area contributed by atoms with Crippen LogP contribution in [-0.2, 0) is 10.0 Å².